The largest absolute Gasteiger partial charge is 0.508 e. The van der Waals surface area contributed by atoms with Crippen LogP contribution in [0.1, 0.15) is 35.8 Å². The van der Waals surface area contributed by atoms with E-state index in [1.165, 1.54) is 33.8 Å². The molecular weight excluding hydrogens is 819 g/mol. The van der Waals surface area contributed by atoms with Gasteiger partial charge in [-0.15, -0.1) is 5.10 Å². The molecule has 3 N–H and O–H groups in total. The number of likely N-dealkylation sites (N-methyl/N-ethyl adjacent to an activating group) is 1. The van der Waals surface area contributed by atoms with Gasteiger partial charge in [-0.05, 0) is 51.7 Å². The molecule has 0 radical (unpaired) electrons. The van der Waals surface area contributed by atoms with Crippen molar-refractivity contribution in [3.63, 3.8) is 0 Å². The number of imide groups is 1. The molecule has 60 heavy (non-hydrogen) atoms. The van der Waals surface area contributed by atoms with Crippen molar-refractivity contribution in [1.29, 1.82) is 0 Å². The van der Waals surface area contributed by atoms with Crippen LogP contribution >= 0.6 is 11.8 Å². The van der Waals surface area contributed by atoms with E-state index < -0.39 is 69.7 Å². The van der Waals surface area contributed by atoms with E-state index in [2.05, 4.69) is 26.2 Å². The van der Waals surface area contributed by atoms with E-state index in [0.29, 0.717) is 21.2 Å². The van der Waals surface area contributed by atoms with E-state index in [1.54, 1.807) is 62.5 Å². The molecule has 0 spiro atoms. The molecular formula is C39H39N9O10S2. The number of aromatic hydroxyl groups is 1. The van der Waals surface area contributed by atoms with Crippen molar-refractivity contribution < 1.29 is 47.6 Å². The van der Waals surface area contributed by atoms with Crippen molar-refractivity contribution in [3.8, 4) is 5.75 Å². The summed E-state index contributed by atoms with van der Waals surface area (Å²) in [5, 5.41) is 25.3. The number of ether oxygens (including phenoxy) is 2. The predicted molar refractivity (Wildman–Crippen MR) is 212 cm³/mol. The number of hydrogen-bond acceptors (Lipinski definition) is 14. The number of methoxy groups -OCH3 is 1. The second kappa shape index (κ2) is 17.4. The number of tetrazole rings is 1. The monoisotopic (exact) mass is 857 g/mol. The third kappa shape index (κ3) is 7.85. The standard InChI is InChI=1S/C39H39N9O10S2/c1-4-46-19-20-47(33(52)32(46)51)37(55)40-28(23-15-17-27(49)18-16-23)31(50)41-39(57-3)35(54)48-29(26(22-60(56)36(39)48)21-59-38-42-43-44-45(38)2)34(53)58-30(24-11-7-5-8-12-24)25-13-9-6-10-14-25/h5-18,28,30,36,49H,4,19-22H2,1-3H3,(H,40,55)(H,41,50)/t28-,36-,39-,60?/m0/s1. The number of nitrogens with one attached hydrogen (secondary N) is 2. The van der Waals surface area contributed by atoms with Crippen LogP contribution in [-0.4, -0.2) is 129 Å². The molecule has 6 amide bonds. The molecule has 1 aromatic heterocycles. The van der Waals surface area contributed by atoms with E-state index in [4.69, 9.17) is 9.47 Å². The number of carbonyl (C=O) groups excluding carboxylic acids is 6. The number of phenolic OH excluding ortho intramolecular Hbond substituents is 1. The minimum Gasteiger partial charge on any atom is -0.508 e. The lowest BCUT2D eigenvalue weighted by molar-refractivity contribution is -0.194. The van der Waals surface area contributed by atoms with Crippen molar-refractivity contribution in [2.24, 2.45) is 7.05 Å². The molecule has 4 heterocycles. The average molecular weight is 858 g/mol. The van der Waals surface area contributed by atoms with Gasteiger partial charge in [0.1, 0.15) is 17.5 Å². The highest BCUT2D eigenvalue weighted by atomic mass is 32.2. The minimum atomic E-state index is -2.32. The number of carbonyl (C=O) groups is 6. The Balaban J connectivity index is 1.21. The van der Waals surface area contributed by atoms with Crippen molar-refractivity contribution >= 4 is 58.2 Å². The summed E-state index contributed by atoms with van der Waals surface area (Å²) >= 11 is 1.14. The quantitative estimate of drug-likeness (QED) is 0.0563. The number of phenols is 1. The first-order valence-electron chi connectivity index (χ1n) is 18.5. The number of rotatable bonds is 13. The summed E-state index contributed by atoms with van der Waals surface area (Å²) in [6.07, 6.45) is -0.916. The highest BCUT2D eigenvalue weighted by Crippen LogP contribution is 2.44. The highest BCUT2D eigenvalue weighted by Gasteiger charge is 2.69. The molecule has 19 nitrogen and oxygen atoms in total. The van der Waals surface area contributed by atoms with E-state index in [0.717, 1.165) is 23.8 Å². The summed E-state index contributed by atoms with van der Waals surface area (Å²) in [6, 6.07) is 20.4. The second-order valence-corrected chi connectivity index (χ2v) is 16.2. The Morgan fingerprint density at radius 3 is 2.18 bits per heavy atom. The van der Waals surface area contributed by atoms with E-state index in [9.17, 15) is 38.1 Å². The van der Waals surface area contributed by atoms with Gasteiger partial charge in [0.2, 0.25) is 11.1 Å². The first-order valence-corrected chi connectivity index (χ1v) is 20.9. The van der Waals surface area contributed by atoms with Gasteiger partial charge in [0.05, 0.1) is 16.6 Å². The molecule has 7 rings (SSSR count). The maximum Gasteiger partial charge on any atom is 0.356 e. The topological polar surface area (TPSA) is 236 Å². The Labute approximate surface area is 349 Å². The number of piperazine rings is 1. The summed E-state index contributed by atoms with van der Waals surface area (Å²) in [5.41, 5.74) is -0.852. The Kier molecular flexibility index (Phi) is 12.1. The molecule has 4 atom stereocenters. The second-order valence-electron chi connectivity index (χ2n) is 13.7. The summed E-state index contributed by atoms with van der Waals surface area (Å²) in [7, 11) is 0.725. The summed E-state index contributed by atoms with van der Waals surface area (Å²) in [4.78, 5) is 85.4. The lowest BCUT2D eigenvalue weighted by Gasteiger charge is -2.55. The molecule has 2 saturated heterocycles. The van der Waals surface area contributed by atoms with E-state index in [-0.39, 0.29) is 53.7 Å². The van der Waals surface area contributed by atoms with Gasteiger partial charge < -0.3 is 30.1 Å². The first kappa shape index (κ1) is 41.7. The van der Waals surface area contributed by atoms with Crippen molar-refractivity contribution in [2.45, 2.75) is 35.3 Å². The van der Waals surface area contributed by atoms with Crippen molar-refractivity contribution in [1.82, 2.24) is 45.5 Å². The lowest BCUT2D eigenvalue weighted by Crippen LogP contribution is -2.83. The zero-order valence-corrected chi connectivity index (χ0v) is 34.1. The van der Waals surface area contributed by atoms with Gasteiger partial charge in [0.25, 0.3) is 11.6 Å². The highest BCUT2D eigenvalue weighted by molar-refractivity contribution is 7.99. The van der Waals surface area contributed by atoms with Crippen LogP contribution in [0.15, 0.2) is 101 Å². The van der Waals surface area contributed by atoms with Gasteiger partial charge >= 0.3 is 23.8 Å². The Morgan fingerprint density at radius 2 is 1.60 bits per heavy atom. The number of urea groups is 1. The maximum absolute atomic E-state index is 14.6. The summed E-state index contributed by atoms with van der Waals surface area (Å²) in [6.45, 7) is 1.85. The molecule has 4 aromatic rings. The summed E-state index contributed by atoms with van der Waals surface area (Å²) < 4.78 is 27.6. The van der Waals surface area contributed by atoms with Crippen molar-refractivity contribution in [2.75, 3.05) is 38.2 Å². The minimum absolute atomic E-state index is 0.0251. The Hall–Kier alpha value is -6.45. The number of amides is 6. The average Bonchev–Trinajstić information content (AvgIpc) is 3.68. The van der Waals surface area contributed by atoms with Gasteiger partial charge in [-0.1, -0.05) is 84.6 Å². The predicted octanol–water partition coefficient (Wildman–Crippen LogP) is 1.13. The molecule has 1 unspecified atom stereocenters. The van der Waals surface area contributed by atoms with Crippen molar-refractivity contribution in [3.05, 3.63) is 113 Å². The Morgan fingerprint density at radius 1 is 0.950 bits per heavy atom. The number of β-lactam (4-membered cyclic amide) rings is 1. The number of esters is 1. The summed E-state index contributed by atoms with van der Waals surface area (Å²) in [5.74, 6) is -5.29. The molecule has 0 bridgehead atoms. The SMILES string of the molecule is CCN1CCN(C(=O)N[C@H](C(=O)N[C@]2(OC)C(=O)N3C(C(=O)OC(c4ccccc4)c4ccccc4)=C(CSc4nnnn4C)CS(=O)[C@H]32)c2ccc(O)cc2)C(=O)C1=O. The number of aromatic nitrogens is 4. The van der Waals surface area contributed by atoms with Crippen LogP contribution in [0.5, 0.6) is 5.75 Å². The molecule has 21 heteroatoms. The Bertz CT molecular complexity index is 2340. The first-order chi connectivity index (χ1) is 28.9. The zero-order valence-electron chi connectivity index (χ0n) is 32.4. The molecule has 0 aliphatic carbocycles. The molecule has 3 aliphatic rings. The van der Waals surface area contributed by atoms with Gasteiger partial charge in [-0.25, -0.2) is 14.3 Å². The van der Waals surface area contributed by atoms with Gasteiger partial charge in [0, 0.05) is 39.5 Å². The van der Waals surface area contributed by atoms with Crippen LogP contribution in [0.25, 0.3) is 0 Å². The maximum atomic E-state index is 14.6. The van der Waals surface area contributed by atoms with Crippen LogP contribution in [0.3, 0.4) is 0 Å². The molecule has 2 fully saturated rings. The number of fused-ring (bicyclic) bond motifs is 1. The van der Waals surface area contributed by atoms with Crippen LogP contribution < -0.4 is 10.6 Å². The lowest BCUT2D eigenvalue weighted by atomic mass is 9.96. The number of hydrogen-bond donors (Lipinski definition) is 3. The van der Waals surface area contributed by atoms with Crippen LogP contribution in [0.4, 0.5) is 4.79 Å². The zero-order chi connectivity index (χ0) is 42.7. The van der Waals surface area contributed by atoms with E-state index >= 15 is 0 Å². The van der Waals surface area contributed by atoms with Crippen LogP contribution in [0, 0.1) is 0 Å². The van der Waals surface area contributed by atoms with E-state index in [1.807, 2.05) is 12.1 Å². The molecule has 3 aliphatic heterocycles. The number of thioether (sulfide) groups is 1. The fourth-order valence-corrected chi connectivity index (χ4v) is 9.85. The van der Waals surface area contributed by atoms with Gasteiger partial charge in [-0.3, -0.25) is 33.2 Å². The van der Waals surface area contributed by atoms with Gasteiger partial charge in [0.15, 0.2) is 11.5 Å². The molecule has 0 saturated carbocycles. The number of aryl methyl sites for hydroxylation is 1. The van der Waals surface area contributed by atoms with Gasteiger partial charge in [-0.2, -0.15) is 0 Å². The number of nitrogens with zero attached hydrogens (tertiary/aromatic N) is 7. The third-order valence-electron chi connectivity index (χ3n) is 10.2. The normalized spacial score (nSPS) is 20.7. The smallest absolute Gasteiger partial charge is 0.356 e. The van der Waals surface area contributed by atoms with Crippen LogP contribution in [-0.2, 0) is 51.3 Å². The van der Waals surface area contributed by atoms with Crippen LogP contribution in [0.2, 0.25) is 0 Å². The fraction of sp³-hybridized carbons (Fsp3) is 0.308. The fourth-order valence-electron chi connectivity index (χ4n) is 7.06. The number of benzene rings is 3. The third-order valence-corrected chi connectivity index (χ3v) is 12.9. The molecule has 312 valence electrons. The molecule has 3 aromatic carbocycles.